The van der Waals surface area contributed by atoms with E-state index >= 15 is 0 Å². The summed E-state index contributed by atoms with van der Waals surface area (Å²) in [6, 6.07) is 7.18. The molecule has 0 aliphatic heterocycles. The number of nitro benzene ring substituents is 2. The third kappa shape index (κ3) is 3.00. The molecule has 12 heteroatoms. The van der Waals surface area contributed by atoms with Crippen molar-refractivity contribution in [2.75, 3.05) is 4.72 Å². The molecule has 3 aromatic rings. The molecule has 0 spiro atoms. The Bertz CT molecular complexity index is 1150. The van der Waals surface area contributed by atoms with E-state index in [1.165, 1.54) is 30.6 Å². The van der Waals surface area contributed by atoms with E-state index in [4.69, 9.17) is 0 Å². The van der Waals surface area contributed by atoms with E-state index in [1.807, 2.05) is 4.72 Å². The first-order valence-electron chi connectivity index (χ1n) is 6.95. The van der Waals surface area contributed by atoms with Crippen LogP contribution in [0.2, 0.25) is 0 Å². The first-order valence-corrected chi connectivity index (χ1v) is 8.44. The Kier molecular flexibility index (Phi) is 4.18. The van der Waals surface area contributed by atoms with Crippen LogP contribution in [0.3, 0.4) is 0 Å². The molecule has 0 saturated heterocycles. The summed E-state index contributed by atoms with van der Waals surface area (Å²) < 4.78 is 27.2. The number of nitrogens with zero attached hydrogens (tertiary/aromatic N) is 4. The van der Waals surface area contributed by atoms with Crippen LogP contribution < -0.4 is 4.72 Å². The van der Waals surface area contributed by atoms with Crippen LogP contribution in [0.5, 0.6) is 0 Å². The van der Waals surface area contributed by atoms with Crippen molar-refractivity contribution in [3.05, 3.63) is 69.0 Å². The number of sulfonamides is 1. The van der Waals surface area contributed by atoms with Crippen LogP contribution >= 0.6 is 0 Å². The van der Waals surface area contributed by atoms with Crippen LogP contribution in [0.1, 0.15) is 0 Å². The van der Waals surface area contributed by atoms with E-state index < -0.39 is 36.1 Å². The third-order valence-corrected chi connectivity index (χ3v) is 4.81. The number of benzene rings is 2. The number of nitrogens with one attached hydrogen (secondary N) is 1. The minimum absolute atomic E-state index is 0.111. The molecule has 1 aromatic heterocycles. The van der Waals surface area contributed by atoms with Crippen molar-refractivity contribution in [2.24, 2.45) is 0 Å². The second kappa shape index (κ2) is 6.33. The largest absolute Gasteiger partial charge is 0.320 e. The van der Waals surface area contributed by atoms with Crippen molar-refractivity contribution < 1.29 is 18.3 Å². The zero-order valence-corrected chi connectivity index (χ0v) is 13.6. The first-order chi connectivity index (χ1) is 12.3. The Balaban J connectivity index is 2.16. The third-order valence-electron chi connectivity index (χ3n) is 3.39. The van der Waals surface area contributed by atoms with E-state index in [1.54, 1.807) is 0 Å². The van der Waals surface area contributed by atoms with E-state index in [2.05, 4.69) is 9.97 Å². The van der Waals surface area contributed by atoms with Crippen molar-refractivity contribution >= 4 is 38.1 Å². The summed E-state index contributed by atoms with van der Waals surface area (Å²) >= 11 is 0. The molecule has 11 nitrogen and oxygen atoms in total. The van der Waals surface area contributed by atoms with Gasteiger partial charge in [0.25, 0.3) is 15.7 Å². The lowest BCUT2D eigenvalue weighted by Crippen LogP contribution is -2.16. The standard InChI is InChI=1S/C14H9N5O6S/c20-18(21)11-3-1-2-4-12(11)26(24,25)17-10-6-5-9-13(14(10)19(22)23)16-8-7-15-9/h1-8,17H. The molecule has 1 N–H and O–H groups in total. The van der Waals surface area contributed by atoms with Crippen LogP contribution in [0.25, 0.3) is 11.0 Å². The van der Waals surface area contributed by atoms with Gasteiger partial charge < -0.3 is 0 Å². The summed E-state index contributed by atoms with van der Waals surface area (Å²) in [5.41, 5.74) is -1.53. The fraction of sp³-hybridized carbons (Fsp3) is 0. The van der Waals surface area contributed by atoms with Gasteiger partial charge in [0.2, 0.25) is 0 Å². The molecule has 0 atom stereocenters. The Hall–Kier alpha value is -3.67. The summed E-state index contributed by atoms with van der Waals surface area (Å²) in [5, 5.41) is 22.5. The number of aromatic nitrogens is 2. The second-order valence-corrected chi connectivity index (χ2v) is 6.62. The molecule has 0 radical (unpaired) electrons. The Morgan fingerprint density at radius 3 is 2.31 bits per heavy atom. The predicted molar refractivity (Wildman–Crippen MR) is 90.1 cm³/mol. The summed E-state index contributed by atoms with van der Waals surface area (Å²) in [5.74, 6) is 0. The van der Waals surface area contributed by atoms with E-state index in [9.17, 15) is 28.6 Å². The van der Waals surface area contributed by atoms with Gasteiger partial charge in [0.15, 0.2) is 10.4 Å². The number of nitro groups is 2. The smallest absolute Gasteiger partial charge is 0.273 e. The molecule has 132 valence electrons. The highest BCUT2D eigenvalue weighted by Gasteiger charge is 2.29. The molecule has 0 bridgehead atoms. The fourth-order valence-electron chi connectivity index (χ4n) is 2.32. The number of rotatable bonds is 5. The van der Waals surface area contributed by atoms with Gasteiger partial charge in [0.05, 0.1) is 15.4 Å². The minimum Gasteiger partial charge on any atom is -0.273 e. The van der Waals surface area contributed by atoms with Crippen molar-refractivity contribution in [1.29, 1.82) is 0 Å². The Morgan fingerprint density at radius 2 is 1.62 bits per heavy atom. The average molecular weight is 375 g/mol. The molecule has 0 amide bonds. The monoisotopic (exact) mass is 375 g/mol. The number of hydrogen-bond donors (Lipinski definition) is 1. The van der Waals surface area contributed by atoms with Gasteiger partial charge in [-0.3, -0.25) is 29.9 Å². The van der Waals surface area contributed by atoms with Crippen molar-refractivity contribution in [3.63, 3.8) is 0 Å². The highest BCUT2D eigenvalue weighted by molar-refractivity contribution is 7.92. The normalized spacial score (nSPS) is 11.2. The van der Waals surface area contributed by atoms with Crippen molar-refractivity contribution in [1.82, 2.24) is 9.97 Å². The van der Waals surface area contributed by atoms with Gasteiger partial charge >= 0.3 is 5.69 Å². The van der Waals surface area contributed by atoms with E-state index in [0.29, 0.717) is 0 Å². The number of fused-ring (bicyclic) bond motifs is 1. The van der Waals surface area contributed by atoms with Gasteiger partial charge in [0.1, 0.15) is 5.69 Å². The Morgan fingerprint density at radius 1 is 0.923 bits per heavy atom. The first kappa shape index (κ1) is 17.2. The lowest BCUT2D eigenvalue weighted by molar-refractivity contribution is -0.387. The topological polar surface area (TPSA) is 158 Å². The summed E-state index contributed by atoms with van der Waals surface area (Å²) in [4.78, 5) is 28.0. The van der Waals surface area contributed by atoms with E-state index in [0.717, 1.165) is 18.2 Å². The molecular formula is C14H9N5O6S. The summed E-state index contributed by atoms with van der Waals surface area (Å²) in [7, 11) is -4.46. The van der Waals surface area contributed by atoms with Gasteiger partial charge in [-0.25, -0.2) is 13.4 Å². The number of para-hydroxylation sites is 1. The van der Waals surface area contributed by atoms with Crippen LogP contribution in [-0.4, -0.2) is 28.2 Å². The number of anilines is 1. The highest BCUT2D eigenvalue weighted by Crippen LogP contribution is 2.33. The maximum atomic E-state index is 12.6. The summed E-state index contributed by atoms with van der Waals surface area (Å²) in [6.45, 7) is 0. The van der Waals surface area contributed by atoms with Gasteiger partial charge in [-0.15, -0.1) is 0 Å². The molecule has 1 heterocycles. The second-order valence-electron chi connectivity index (χ2n) is 4.97. The summed E-state index contributed by atoms with van der Waals surface area (Å²) in [6.07, 6.45) is 2.57. The molecule has 3 rings (SSSR count). The SMILES string of the molecule is O=[N+]([O-])c1ccccc1S(=O)(=O)Nc1ccc2nccnc2c1[N+](=O)[O-]. The van der Waals surface area contributed by atoms with Crippen LogP contribution in [0.4, 0.5) is 17.1 Å². The molecule has 0 aliphatic carbocycles. The highest BCUT2D eigenvalue weighted by atomic mass is 32.2. The minimum atomic E-state index is -4.46. The van der Waals surface area contributed by atoms with Crippen LogP contribution in [0.15, 0.2) is 53.7 Å². The average Bonchev–Trinajstić information content (AvgIpc) is 2.60. The fourth-order valence-corrected chi connectivity index (χ4v) is 3.56. The Labute approximate surface area is 145 Å². The van der Waals surface area contributed by atoms with Crippen LogP contribution in [-0.2, 0) is 10.0 Å². The molecule has 0 aliphatic rings. The van der Waals surface area contributed by atoms with Gasteiger partial charge in [-0.05, 0) is 18.2 Å². The lowest BCUT2D eigenvalue weighted by atomic mass is 10.2. The number of hydrogen-bond acceptors (Lipinski definition) is 8. The van der Waals surface area contributed by atoms with Crippen LogP contribution in [0, 0.1) is 20.2 Å². The van der Waals surface area contributed by atoms with Gasteiger partial charge in [-0.2, -0.15) is 0 Å². The van der Waals surface area contributed by atoms with E-state index in [-0.39, 0.29) is 16.7 Å². The maximum absolute atomic E-state index is 12.6. The lowest BCUT2D eigenvalue weighted by Gasteiger charge is -2.09. The van der Waals surface area contributed by atoms with Crippen molar-refractivity contribution in [2.45, 2.75) is 4.90 Å². The molecule has 2 aromatic carbocycles. The van der Waals surface area contributed by atoms with Crippen molar-refractivity contribution in [3.8, 4) is 0 Å². The zero-order valence-electron chi connectivity index (χ0n) is 12.8. The predicted octanol–water partition coefficient (Wildman–Crippen LogP) is 2.25. The molecule has 26 heavy (non-hydrogen) atoms. The molecular weight excluding hydrogens is 366 g/mol. The maximum Gasteiger partial charge on any atom is 0.320 e. The van der Waals surface area contributed by atoms with Gasteiger partial charge in [-0.1, -0.05) is 12.1 Å². The molecule has 0 saturated carbocycles. The molecule has 0 unspecified atom stereocenters. The zero-order chi connectivity index (χ0) is 18.9. The molecule has 0 fully saturated rings. The van der Waals surface area contributed by atoms with Gasteiger partial charge in [0, 0.05) is 18.5 Å². The quantitative estimate of drug-likeness (QED) is 0.525.